The smallest absolute Gasteiger partial charge is 0.243 e. The molecule has 14 nitrogen and oxygen atoms in total. The summed E-state index contributed by atoms with van der Waals surface area (Å²) in [4.78, 5) is 87.1. The summed E-state index contributed by atoms with van der Waals surface area (Å²) in [5.74, 6) is -1.66. The van der Waals surface area contributed by atoms with Crippen LogP contribution in [0.15, 0.2) is 47.4 Å². The van der Waals surface area contributed by atoms with Gasteiger partial charge in [0.25, 0.3) is 0 Å². The highest BCUT2D eigenvalue weighted by molar-refractivity contribution is 7.99. The molecule has 55 heavy (non-hydrogen) atoms. The Morgan fingerprint density at radius 3 is 1.65 bits per heavy atom. The van der Waals surface area contributed by atoms with Gasteiger partial charge in [-0.15, -0.1) is 11.8 Å². The van der Waals surface area contributed by atoms with Crippen molar-refractivity contribution in [1.82, 2.24) is 31.9 Å². The van der Waals surface area contributed by atoms with Crippen LogP contribution in [-0.2, 0) is 33.6 Å². The number of primary amides is 1. The molecular formula is C40H61N7O7S. The number of amides is 7. The summed E-state index contributed by atoms with van der Waals surface area (Å²) in [5, 5.41) is 18.8. The highest BCUT2D eigenvalue weighted by Gasteiger charge is 2.28. The highest BCUT2D eigenvalue weighted by Crippen LogP contribution is 2.24. The fraction of sp³-hybridized carbons (Fsp3) is 0.575. The number of unbranched alkanes of at least 4 members (excludes halogenated alkanes) is 5. The van der Waals surface area contributed by atoms with E-state index < -0.39 is 41.8 Å². The predicted octanol–water partition coefficient (Wildman–Crippen LogP) is 3.35. The van der Waals surface area contributed by atoms with Crippen molar-refractivity contribution in [3.63, 3.8) is 0 Å². The van der Waals surface area contributed by atoms with Crippen molar-refractivity contribution in [2.75, 3.05) is 25.4 Å². The van der Waals surface area contributed by atoms with Crippen molar-refractivity contribution in [3.8, 4) is 0 Å². The second kappa shape index (κ2) is 27.0. The molecule has 0 aromatic heterocycles. The van der Waals surface area contributed by atoms with Gasteiger partial charge in [0, 0.05) is 51.7 Å². The summed E-state index contributed by atoms with van der Waals surface area (Å²) in [7, 11) is 0. The zero-order valence-corrected chi connectivity index (χ0v) is 33.5. The maximum atomic E-state index is 13.5. The van der Waals surface area contributed by atoms with E-state index in [-0.39, 0.29) is 37.0 Å². The van der Waals surface area contributed by atoms with Gasteiger partial charge in [0.2, 0.25) is 41.4 Å². The molecule has 2 rings (SSSR count). The van der Waals surface area contributed by atoms with E-state index in [9.17, 15) is 33.6 Å². The van der Waals surface area contributed by atoms with Crippen molar-refractivity contribution in [2.24, 2.45) is 5.73 Å². The van der Waals surface area contributed by atoms with Crippen LogP contribution in [-0.4, -0.2) is 84.9 Å². The Morgan fingerprint density at radius 2 is 1.09 bits per heavy atom. The first-order valence-corrected chi connectivity index (χ1v) is 20.4. The van der Waals surface area contributed by atoms with Crippen LogP contribution in [0.1, 0.15) is 104 Å². The van der Waals surface area contributed by atoms with Crippen LogP contribution < -0.4 is 37.6 Å². The maximum Gasteiger partial charge on any atom is 0.243 e. The molecule has 0 bridgehead atoms. The SMILES string of the molecule is CC(=O)NCCCC[C@H](NC(=O)[C@H](CCCCNC(=O)CCCCCSc1ccc2ccccc2c1)NC(=O)[C@H](CCCCNC(C)=O)NC(C)=O)C(N)=O. The number of thioether (sulfide) groups is 1. The van der Waals surface area contributed by atoms with Gasteiger partial charge in [0.05, 0.1) is 0 Å². The molecule has 0 aliphatic carbocycles. The molecule has 2 aromatic carbocycles. The van der Waals surface area contributed by atoms with Gasteiger partial charge >= 0.3 is 0 Å². The Morgan fingerprint density at radius 1 is 0.564 bits per heavy atom. The summed E-state index contributed by atoms with van der Waals surface area (Å²) in [5.41, 5.74) is 5.59. The van der Waals surface area contributed by atoms with Crippen LogP contribution in [0.2, 0.25) is 0 Å². The van der Waals surface area contributed by atoms with Gasteiger partial charge in [0.1, 0.15) is 18.1 Å². The third kappa shape index (κ3) is 21.1. The standard InChI is InChI=1S/C40H61N7O7S/c1-28(48)42-23-11-8-17-34(38(41)52)46-40(54)36(47-39(53)35(45-30(3)50)18-9-12-24-43-29(2)49)19-10-13-25-44-37(51)20-5-4-14-26-55-33-22-21-31-15-6-7-16-32(31)27-33/h6-7,15-16,21-22,27,34-36H,4-5,8-14,17-20,23-26H2,1-3H3,(H2,41,52)(H,42,48)(H,43,49)(H,44,51)(H,45,50)(H,46,54)(H,47,53)/t34-,35-,36-/m0/s1. The lowest BCUT2D eigenvalue weighted by Crippen LogP contribution is -2.56. The van der Waals surface area contributed by atoms with Crippen molar-refractivity contribution >= 4 is 63.9 Å². The average molecular weight is 784 g/mol. The quantitative estimate of drug-likeness (QED) is 0.0501. The Labute approximate surface area is 329 Å². The van der Waals surface area contributed by atoms with E-state index in [0.29, 0.717) is 64.6 Å². The lowest BCUT2D eigenvalue weighted by Gasteiger charge is -2.25. The number of fused-ring (bicyclic) bond motifs is 1. The number of hydrogen-bond acceptors (Lipinski definition) is 8. The summed E-state index contributed by atoms with van der Waals surface area (Å²) in [6.45, 7) is 5.37. The summed E-state index contributed by atoms with van der Waals surface area (Å²) >= 11 is 1.82. The summed E-state index contributed by atoms with van der Waals surface area (Å²) < 4.78 is 0. The number of benzene rings is 2. The molecule has 0 aliphatic rings. The highest BCUT2D eigenvalue weighted by atomic mass is 32.2. The first-order valence-electron chi connectivity index (χ1n) is 19.4. The van der Waals surface area contributed by atoms with Gasteiger partial charge in [-0.2, -0.15) is 0 Å². The normalized spacial score (nSPS) is 12.5. The van der Waals surface area contributed by atoms with E-state index in [2.05, 4.69) is 62.2 Å². The van der Waals surface area contributed by atoms with Gasteiger partial charge in [-0.25, -0.2) is 0 Å². The fourth-order valence-corrected chi connectivity index (χ4v) is 6.85. The van der Waals surface area contributed by atoms with Crippen molar-refractivity contribution in [3.05, 3.63) is 42.5 Å². The van der Waals surface area contributed by atoms with Gasteiger partial charge in [-0.1, -0.05) is 36.8 Å². The molecule has 7 amide bonds. The van der Waals surface area contributed by atoms with Crippen LogP contribution in [0.4, 0.5) is 0 Å². The van der Waals surface area contributed by atoms with E-state index in [1.807, 2.05) is 23.9 Å². The molecule has 0 unspecified atom stereocenters. The minimum Gasteiger partial charge on any atom is -0.368 e. The van der Waals surface area contributed by atoms with E-state index >= 15 is 0 Å². The van der Waals surface area contributed by atoms with Gasteiger partial charge < -0.3 is 37.6 Å². The lowest BCUT2D eigenvalue weighted by molar-refractivity contribution is -0.133. The maximum absolute atomic E-state index is 13.5. The second-order valence-corrected chi connectivity index (χ2v) is 14.9. The molecule has 8 N–H and O–H groups in total. The molecule has 2 aromatic rings. The van der Waals surface area contributed by atoms with E-state index in [4.69, 9.17) is 5.73 Å². The van der Waals surface area contributed by atoms with Crippen molar-refractivity contribution in [1.29, 1.82) is 0 Å². The van der Waals surface area contributed by atoms with Crippen molar-refractivity contribution < 1.29 is 33.6 Å². The van der Waals surface area contributed by atoms with Gasteiger partial charge in [-0.3, -0.25) is 33.6 Å². The zero-order valence-electron chi connectivity index (χ0n) is 32.6. The van der Waals surface area contributed by atoms with Crippen LogP contribution in [0.5, 0.6) is 0 Å². The summed E-state index contributed by atoms with van der Waals surface area (Å²) in [6.07, 6.45) is 7.15. The molecule has 304 valence electrons. The molecule has 0 spiro atoms. The second-order valence-electron chi connectivity index (χ2n) is 13.7. The summed E-state index contributed by atoms with van der Waals surface area (Å²) in [6, 6.07) is 11.8. The lowest BCUT2D eigenvalue weighted by atomic mass is 10.0. The largest absolute Gasteiger partial charge is 0.368 e. The molecular weight excluding hydrogens is 723 g/mol. The average Bonchev–Trinajstić information content (AvgIpc) is 3.13. The molecule has 0 aliphatic heterocycles. The molecule has 0 saturated heterocycles. The van der Waals surface area contributed by atoms with Gasteiger partial charge in [0.15, 0.2) is 0 Å². The Hall–Kier alpha value is -4.66. The molecule has 15 heteroatoms. The molecule has 0 fully saturated rings. The van der Waals surface area contributed by atoms with Crippen LogP contribution in [0, 0.1) is 0 Å². The Balaban J connectivity index is 1.85. The minimum atomic E-state index is -1.03. The first kappa shape index (κ1) is 46.5. The van der Waals surface area contributed by atoms with Crippen molar-refractivity contribution in [2.45, 2.75) is 127 Å². The monoisotopic (exact) mass is 783 g/mol. The fourth-order valence-electron chi connectivity index (χ4n) is 5.89. The first-order chi connectivity index (χ1) is 26.3. The number of hydrogen-bond donors (Lipinski definition) is 7. The number of nitrogens with two attached hydrogens (primary N) is 1. The minimum absolute atomic E-state index is 0.0377. The molecule has 0 saturated carbocycles. The predicted molar refractivity (Wildman–Crippen MR) is 216 cm³/mol. The topological polar surface area (TPSA) is 218 Å². The Bertz CT molecular complexity index is 1560. The van der Waals surface area contributed by atoms with Crippen LogP contribution in [0.3, 0.4) is 0 Å². The third-order valence-electron chi connectivity index (χ3n) is 8.85. The van der Waals surface area contributed by atoms with Crippen LogP contribution >= 0.6 is 11.8 Å². The Kier molecular flexibility index (Phi) is 22.8. The van der Waals surface area contributed by atoms with E-state index in [1.54, 1.807) is 0 Å². The number of carbonyl (C=O) groups is 7. The molecule has 0 heterocycles. The third-order valence-corrected chi connectivity index (χ3v) is 9.93. The number of nitrogens with one attached hydrogen (secondary N) is 6. The molecule has 3 atom stereocenters. The van der Waals surface area contributed by atoms with E-state index in [0.717, 1.165) is 25.0 Å². The molecule has 0 radical (unpaired) electrons. The number of rotatable bonds is 28. The van der Waals surface area contributed by atoms with Gasteiger partial charge in [-0.05, 0) is 99.3 Å². The van der Waals surface area contributed by atoms with Crippen LogP contribution in [0.25, 0.3) is 10.8 Å². The number of carbonyl (C=O) groups excluding carboxylic acids is 7. The van der Waals surface area contributed by atoms with E-state index in [1.165, 1.54) is 36.4 Å². The zero-order chi connectivity index (χ0) is 40.4.